The Bertz CT molecular complexity index is 397. The summed E-state index contributed by atoms with van der Waals surface area (Å²) in [4.78, 5) is 4.27. The minimum atomic E-state index is 0.623. The van der Waals surface area contributed by atoms with Crippen LogP contribution in [0.5, 0.6) is 0 Å². The molecule has 3 heteroatoms. The first-order chi connectivity index (χ1) is 7.33. The highest BCUT2D eigenvalue weighted by Crippen LogP contribution is 2.33. The normalized spacial score (nSPS) is 29.0. The van der Waals surface area contributed by atoms with Crippen LogP contribution in [-0.4, -0.2) is 17.6 Å². The lowest BCUT2D eigenvalue weighted by Gasteiger charge is -2.40. The molecule has 2 nitrogen and oxygen atoms in total. The third kappa shape index (κ3) is 1.74. The van der Waals surface area contributed by atoms with Crippen LogP contribution in [0.2, 0.25) is 0 Å². The molecule has 1 N–H and O–H groups in total. The lowest BCUT2D eigenvalue weighted by atomic mass is 9.79. The molecule has 0 saturated carbocycles. The molecule has 1 aromatic heterocycles. The van der Waals surface area contributed by atoms with Gasteiger partial charge in [0.2, 0.25) is 0 Å². The molecule has 1 aromatic rings. The number of allylic oxidation sites excluding steroid dienone is 1. The number of aromatic nitrogens is 1. The fourth-order valence-electron chi connectivity index (χ4n) is 2.34. The fraction of sp³-hybridized carbons (Fsp3) is 0.417. The van der Waals surface area contributed by atoms with Crippen LogP contribution in [0.1, 0.15) is 18.4 Å². The van der Waals surface area contributed by atoms with Crippen molar-refractivity contribution in [3.63, 3.8) is 0 Å². The van der Waals surface area contributed by atoms with Crippen LogP contribution in [-0.2, 0) is 0 Å². The first-order valence-electron chi connectivity index (χ1n) is 5.39. The van der Waals surface area contributed by atoms with E-state index in [9.17, 15) is 0 Å². The number of halogens is 1. The van der Waals surface area contributed by atoms with Crippen molar-refractivity contribution in [3.05, 3.63) is 34.6 Å². The van der Waals surface area contributed by atoms with Crippen LogP contribution in [0.3, 0.4) is 0 Å². The maximum absolute atomic E-state index is 4.27. The smallest absolute Gasteiger partial charge is 0.106 e. The second-order valence-corrected chi connectivity index (χ2v) is 5.11. The summed E-state index contributed by atoms with van der Waals surface area (Å²) in [6.45, 7) is 1.20. The number of nitrogens with one attached hydrogen (secondary N) is 1. The molecule has 0 unspecified atom stereocenters. The van der Waals surface area contributed by atoms with Crippen LogP contribution in [0, 0.1) is 5.92 Å². The standard InChI is InChI=1S/C12H13BrN2/c13-12-4-3-9(6-15-12)8-1-2-10-7-14-11(10)5-8/h3-6,10-11,14H,1-2,7H2/t10-,11-/m1/s1. The molecule has 2 atom stereocenters. The molecule has 2 heterocycles. The summed E-state index contributed by atoms with van der Waals surface area (Å²) in [5, 5.41) is 3.45. The van der Waals surface area contributed by atoms with Crippen molar-refractivity contribution in [2.45, 2.75) is 18.9 Å². The van der Waals surface area contributed by atoms with Gasteiger partial charge in [-0.3, -0.25) is 0 Å². The maximum atomic E-state index is 4.27. The second-order valence-electron chi connectivity index (χ2n) is 4.29. The van der Waals surface area contributed by atoms with Crippen molar-refractivity contribution in [2.75, 3.05) is 6.54 Å². The van der Waals surface area contributed by atoms with E-state index in [1.807, 2.05) is 12.3 Å². The van der Waals surface area contributed by atoms with Crippen molar-refractivity contribution in [2.24, 2.45) is 5.92 Å². The number of rotatable bonds is 1. The number of hydrogen-bond donors (Lipinski definition) is 1. The predicted molar refractivity (Wildman–Crippen MR) is 64.4 cm³/mol. The zero-order valence-electron chi connectivity index (χ0n) is 8.41. The van der Waals surface area contributed by atoms with E-state index < -0.39 is 0 Å². The largest absolute Gasteiger partial charge is 0.310 e. The monoisotopic (exact) mass is 264 g/mol. The molecular weight excluding hydrogens is 252 g/mol. The van der Waals surface area contributed by atoms with E-state index in [0.717, 1.165) is 10.5 Å². The Balaban J connectivity index is 1.87. The van der Waals surface area contributed by atoms with Gasteiger partial charge in [-0.2, -0.15) is 0 Å². The third-order valence-corrected chi connectivity index (χ3v) is 3.86. The van der Waals surface area contributed by atoms with Gasteiger partial charge in [-0.05, 0) is 51.9 Å². The van der Waals surface area contributed by atoms with Crippen molar-refractivity contribution in [1.29, 1.82) is 0 Å². The van der Waals surface area contributed by atoms with Gasteiger partial charge < -0.3 is 5.32 Å². The third-order valence-electron chi connectivity index (χ3n) is 3.39. The molecule has 1 aliphatic carbocycles. The Kier molecular flexibility index (Phi) is 2.37. The molecule has 1 aliphatic heterocycles. The summed E-state index contributed by atoms with van der Waals surface area (Å²) < 4.78 is 0.905. The summed E-state index contributed by atoms with van der Waals surface area (Å²) in [5.74, 6) is 0.886. The first kappa shape index (κ1) is 9.55. The molecular formula is C12H13BrN2. The number of pyridine rings is 1. The van der Waals surface area contributed by atoms with E-state index in [4.69, 9.17) is 0 Å². The van der Waals surface area contributed by atoms with Crippen molar-refractivity contribution in [1.82, 2.24) is 10.3 Å². The molecule has 2 aliphatic rings. The minimum Gasteiger partial charge on any atom is -0.310 e. The highest BCUT2D eigenvalue weighted by molar-refractivity contribution is 9.10. The Morgan fingerprint density at radius 2 is 2.33 bits per heavy atom. The van der Waals surface area contributed by atoms with Gasteiger partial charge in [-0.1, -0.05) is 12.1 Å². The van der Waals surface area contributed by atoms with Crippen LogP contribution >= 0.6 is 15.9 Å². The van der Waals surface area contributed by atoms with Gasteiger partial charge in [0.05, 0.1) is 0 Å². The molecule has 0 radical (unpaired) electrons. The SMILES string of the molecule is Brc1ccc(C2=C[C@H]3NC[C@H]3CC2)cn1. The van der Waals surface area contributed by atoms with Crippen LogP contribution in [0.15, 0.2) is 29.0 Å². The number of hydrogen-bond acceptors (Lipinski definition) is 2. The molecule has 0 spiro atoms. The topological polar surface area (TPSA) is 24.9 Å². The zero-order chi connectivity index (χ0) is 10.3. The highest BCUT2D eigenvalue weighted by Gasteiger charge is 2.31. The predicted octanol–water partition coefficient (Wildman–Crippen LogP) is 2.61. The van der Waals surface area contributed by atoms with E-state index >= 15 is 0 Å². The summed E-state index contributed by atoms with van der Waals surface area (Å²) in [7, 11) is 0. The van der Waals surface area contributed by atoms with E-state index in [1.165, 1.54) is 30.5 Å². The van der Waals surface area contributed by atoms with E-state index in [-0.39, 0.29) is 0 Å². The Morgan fingerprint density at radius 1 is 1.40 bits per heavy atom. The van der Waals surface area contributed by atoms with Crippen LogP contribution in [0.25, 0.3) is 5.57 Å². The van der Waals surface area contributed by atoms with Crippen molar-refractivity contribution in [3.8, 4) is 0 Å². The number of fused-ring (bicyclic) bond motifs is 1. The molecule has 1 fully saturated rings. The molecule has 1 saturated heterocycles. The van der Waals surface area contributed by atoms with E-state index in [0.29, 0.717) is 6.04 Å². The highest BCUT2D eigenvalue weighted by atomic mass is 79.9. The zero-order valence-corrected chi connectivity index (χ0v) is 10.00. The maximum Gasteiger partial charge on any atom is 0.106 e. The average molecular weight is 265 g/mol. The quantitative estimate of drug-likeness (QED) is 0.789. The van der Waals surface area contributed by atoms with Gasteiger partial charge >= 0.3 is 0 Å². The molecule has 15 heavy (non-hydrogen) atoms. The Labute approximate surface area is 97.9 Å². The first-order valence-corrected chi connectivity index (χ1v) is 6.18. The number of nitrogens with zero attached hydrogens (tertiary/aromatic N) is 1. The van der Waals surface area contributed by atoms with Crippen molar-refractivity contribution < 1.29 is 0 Å². The van der Waals surface area contributed by atoms with Gasteiger partial charge in [0.15, 0.2) is 0 Å². The van der Waals surface area contributed by atoms with Gasteiger partial charge in [0.25, 0.3) is 0 Å². The Morgan fingerprint density at radius 3 is 2.93 bits per heavy atom. The van der Waals surface area contributed by atoms with Gasteiger partial charge in [0.1, 0.15) is 4.60 Å². The van der Waals surface area contributed by atoms with E-state index in [2.05, 4.69) is 38.4 Å². The average Bonchev–Trinajstić information content (AvgIpc) is 2.22. The van der Waals surface area contributed by atoms with Gasteiger partial charge in [0, 0.05) is 18.8 Å². The summed E-state index contributed by atoms with van der Waals surface area (Å²) in [6, 6.07) is 4.77. The van der Waals surface area contributed by atoms with Crippen molar-refractivity contribution >= 4 is 21.5 Å². The minimum absolute atomic E-state index is 0.623. The van der Waals surface area contributed by atoms with Crippen LogP contribution in [0.4, 0.5) is 0 Å². The molecule has 0 bridgehead atoms. The van der Waals surface area contributed by atoms with E-state index in [1.54, 1.807) is 0 Å². The van der Waals surface area contributed by atoms with Crippen LogP contribution < -0.4 is 5.32 Å². The molecule has 78 valence electrons. The molecule has 0 amide bonds. The van der Waals surface area contributed by atoms with Gasteiger partial charge in [-0.25, -0.2) is 4.98 Å². The summed E-state index contributed by atoms with van der Waals surface area (Å²) in [6.07, 6.45) is 6.85. The summed E-state index contributed by atoms with van der Waals surface area (Å²) in [5.41, 5.74) is 2.72. The summed E-state index contributed by atoms with van der Waals surface area (Å²) >= 11 is 3.36. The second kappa shape index (κ2) is 3.72. The molecule has 0 aromatic carbocycles. The molecule has 3 rings (SSSR count). The fourth-order valence-corrected chi connectivity index (χ4v) is 2.58. The lowest BCUT2D eigenvalue weighted by molar-refractivity contribution is 0.256. The van der Waals surface area contributed by atoms with Gasteiger partial charge in [-0.15, -0.1) is 0 Å². The Hall–Kier alpha value is -0.670. The lowest BCUT2D eigenvalue weighted by Crippen LogP contribution is -2.52.